The molecule has 1 aromatic carbocycles. The smallest absolute Gasteiger partial charge is 0.297 e. The number of hydrogen-bond donors (Lipinski definition) is 3. The van der Waals surface area contributed by atoms with E-state index >= 15 is 0 Å². The average Bonchev–Trinajstić information content (AvgIpc) is 3.18. The van der Waals surface area contributed by atoms with Crippen molar-refractivity contribution in [3.05, 3.63) is 53.1 Å². The van der Waals surface area contributed by atoms with E-state index in [1.54, 1.807) is 24.3 Å². The number of rotatable bonds is 3. The van der Waals surface area contributed by atoms with E-state index in [-0.39, 0.29) is 5.52 Å². The van der Waals surface area contributed by atoms with Gasteiger partial charge in [0.2, 0.25) is 0 Å². The van der Waals surface area contributed by atoms with Crippen LogP contribution in [0.1, 0.15) is 6.23 Å². The van der Waals surface area contributed by atoms with Crippen molar-refractivity contribution in [2.75, 3.05) is 6.61 Å². The van der Waals surface area contributed by atoms with Crippen LogP contribution in [0.4, 0.5) is 0 Å². The van der Waals surface area contributed by atoms with Crippen LogP contribution in [0.3, 0.4) is 0 Å². The first-order chi connectivity index (χ1) is 12.1. The largest absolute Gasteiger partial charge is 0.394 e. The van der Waals surface area contributed by atoms with Crippen LogP contribution in [0.15, 0.2) is 47.5 Å². The highest BCUT2D eigenvalue weighted by Crippen LogP contribution is 2.30. The molecule has 1 fully saturated rings. The van der Waals surface area contributed by atoms with E-state index in [0.717, 1.165) is 0 Å². The van der Waals surface area contributed by atoms with Crippen LogP contribution in [0.5, 0.6) is 0 Å². The zero-order chi connectivity index (χ0) is 17.6. The lowest BCUT2D eigenvalue weighted by Crippen LogP contribution is -2.33. The predicted molar refractivity (Wildman–Crippen MR) is 86.1 cm³/mol. The quantitative estimate of drug-likeness (QED) is 0.568. The summed E-state index contributed by atoms with van der Waals surface area (Å²) in [7, 11) is 0. The van der Waals surface area contributed by atoms with E-state index in [4.69, 9.17) is 4.74 Å². The average molecular weight is 344 g/mol. The van der Waals surface area contributed by atoms with Gasteiger partial charge in [-0.05, 0) is 12.1 Å². The number of para-hydroxylation sites is 1. The van der Waals surface area contributed by atoms with Crippen molar-refractivity contribution in [3.63, 3.8) is 0 Å². The second-order valence-corrected chi connectivity index (χ2v) is 5.82. The van der Waals surface area contributed by atoms with Gasteiger partial charge in [-0.2, -0.15) is 14.9 Å². The number of nitrogens with zero attached hydrogens (tertiary/aromatic N) is 4. The number of hydrogen-bond acceptors (Lipinski definition) is 7. The lowest BCUT2D eigenvalue weighted by molar-refractivity contribution is -0.0565. The van der Waals surface area contributed by atoms with Gasteiger partial charge in [-0.15, -0.1) is 0 Å². The maximum atomic E-state index is 12.9. The molecule has 3 aromatic rings. The summed E-state index contributed by atoms with van der Waals surface area (Å²) in [6, 6.07) is 8.89. The van der Waals surface area contributed by atoms with E-state index < -0.39 is 36.7 Å². The first-order valence-electron chi connectivity index (χ1n) is 7.75. The second kappa shape index (κ2) is 6.05. The van der Waals surface area contributed by atoms with E-state index in [2.05, 4.69) is 10.2 Å². The Labute approximate surface area is 141 Å². The Morgan fingerprint density at radius 2 is 1.80 bits per heavy atom. The fraction of sp³-hybridized carbons (Fsp3) is 0.312. The van der Waals surface area contributed by atoms with E-state index in [1.807, 2.05) is 6.07 Å². The van der Waals surface area contributed by atoms with Crippen molar-refractivity contribution >= 4 is 10.9 Å². The number of aromatic nitrogens is 4. The molecular weight excluding hydrogens is 328 g/mol. The van der Waals surface area contributed by atoms with Gasteiger partial charge in [0.15, 0.2) is 6.23 Å². The van der Waals surface area contributed by atoms with Crippen molar-refractivity contribution in [1.29, 1.82) is 0 Å². The van der Waals surface area contributed by atoms with Gasteiger partial charge in [-0.1, -0.05) is 18.2 Å². The number of fused-ring (bicyclic) bond motifs is 1. The highest BCUT2D eigenvalue weighted by Gasteiger charge is 2.44. The molecule has 9 nitrogen and oxygen atoms in total. The van der Waals surface area contributed by atoms with Gasteiger partial charge in [0.1, 0.15) is 23.8 Å². The summed E-state index contributed by atoms with van der Waals surface area (Å²) < 4.78 is 7.92. The van der Waals surface area contributed by atoms with Gasteiger partial charge in [-0.3, -0.25) is 4.79 Å². The number of aliphatic hydroxyl groups is 3. The molecule has 4 atom stereocenters. The van der Waals surface area contributed by atoms with Crippen LogP contribution in [-0.4, -0.2) is 59.8 Å². The van der Waals surface area contributed by atoms with Crippen LogP contribution >= 0.6 is 0 Å². The minimum atomic E-state index is -1.32. The lowest BCUT2D eigenvalue weighted by Gasteiger charge is -2.16. The maximum Gasteiger partial charge on any atom is 0.297 e. The van der Waals surface area contributed by atoms with Gasteiger partial charge >= 0.3 is 0 Å². The normalized spacial score (nSPS) is 26.4. The van der Waals surface area contributed by atoms with Crippen LogP contribution in [0.2, 0.25) is 0 Å². The summed E-state index contributed by atoms with van der Waals surface area (Å²) in [5.41, 5.74) is 0.343. The molecule has 0 radical (unpaired) electrons. The molecule has 3 heterocycles. The number of benzene rings is 1. The topological polar surface area (TPSA) is 123 Å². The monoisotopic (exact) mass is 344 g/mol. The van der Waals surface area contributed by atoms with Crippen molar-refractivity contribution in [2.45, 2.75) is 24.5 Å². The van der Waals surface area contributed by atoms with Gasteiger partial charge in [0.05, 0.1) is 24.7 Å². The molecule has 9 heteroatoms. The second-order valence-electron chi connectivity index (χ2n) is 5.82. The molecule has 1 saturated heterocycles. The molecule has 130 valence electrons. The Morgan fingerprint density at radius 1 is 1.08 bits per heavy atom. The third-order valence-electron chi connectivity index (χ3n) is 4.29. The minimum absolute atomic E-state index is 0.189. The summed E-state index contributed by atoms with van der Waals surface area (Å²) in [6.45, 7) is -0.455. The highest BCUT2D eigenvalue weighted by atomic mass is 16.6. The van der Waals surface area contributed by atoms with Crippen LogP contribution in [-0.2, 0) is 4.74 Å². The van der Waals surface area contributed by atoms with Crippen molar-refractivity contribution in [1.82, 2.24) is 19.6 Å². The maximum absolute atomic E-state index is 12.9. The number of aliphatic hydroxyl groups excluding tert-OH is 3. The molecule has 0 amide bonds. The molecule has 3 N–H and O–H groups in total. The fourth-order valence-electron chi connectivity index (χ4n) is 2.99. The first kappa shape index (κ1) is 15.9. The molecule has 0 saturated carbocycles. The van der Waals surface area contributed by atoms with Gasteiger partial charge in [0.25, 0.3) is 5.56 Å². The fourth-order valence-corrected chi connectivity index (χ4v) is 2.99. The predicted octanol–water partition coefficient (Wildman–Crippen LogP) is -0.806. The van der Waals surface area contributed by atoms with E-state index in [1.165, 1.54) is 21.8 Å². The zero-order valence-electron chi connectivity index (χ0n) is 13.0. The summed E-state index contributed by atoms with van der Waals surface area (Å²) in [6.07, 6.45) is -1.69. The molecule has 0 bridgehead atoms. The van der Waals surface area contributed by atoms with Crippen molar-refractivity contribution in [2.24, 2.45) is 0 Å². The summed E-state index contributed by atoms with van der Waals surface area (Å²) in [4.78, 5) is 12.9. The molecule has 4 rings (SSSR count). The van der Waals surface area contributed by atoms with Gasteiger partial charge in [-0.25, -0.2) is 4.68 Å². The standard InChI is InChI=1S/C16H16N4O5/c21-8-11-13(22)14(23)16(25-11)20-12-9(7-18-20)6-17-19(15(12)24)10-4-2-1-3-5-10/h1-7,11,13-14,16,21-23H,8H2/t11-,13-,14-,16-/m1/s1. The molecule has 1 aliphatic heterocycles. The molecule has 0 aliphatic carbocycles. The molecular formula is C16H16N4O5. The third-order valence-corrected chi connectivity index (χ3v) is 4.29. The Bertz CT molecular complexity index is 954. The Balaban J connectivity index is 1.85. The van der Waals surface area contributed by atoms with Crippen LogP contribution in [0, 0.1) is 0 Å². The molecule has 25 heavy (non-hydrogen) atoms. The minimum Gasteiger partial charge on any atom is -0.394 e. The Morgan fingerprint density at radius 3 is 2.48 bits per heavy atom. The molecule has 0 spiro atoms. The molecule has 0 unspecified atom stereocenters. The SMILES string of the molecule is O=c1c2c(cnn1-c1ccccc1)cnn2[C@@H]1O[C@H](CO)[C@@H](O)[C@H]1O. The van der Waals surface area contributed by atoms with E-state index in [9.17, 15) is 20.1 Å². The van der Waals surface area contributed by atoms with Crippen LogP contribution in [0.25, 0.3) is 16.6 Å². The van der Waals surface area contributed by atoms with Gasteiger partial charge < -0.3 is 20.1 Å². The van der Waals surface area contributed by atoms with Crippen LogP contribution < -0.4 is 5.56 Å². The lowest BCUT2D eigenvalue weighted by atomic mass is 10.1. The Kier molecular flexibility index (Phi) is 3.85. The third kappa shape index (κ3) is 2.45. The molecule has 2 aromatic heterocycles. The zero-order valence-corrected chi connectivity index (χ0v) is 13.0. The molecule has 1 aliphatic rings. The first-order valence-corrected chi connectivity index (χ1v) is 7.75. The Hall–Kier alpha value is -2.59. The highest BCUT2D eigenvalue weighted by molar-refractivity contribution is 5.76. The summed E-state index contributed by atoms with van der Waals surface area (Å²) in [5.74, 6) is 0. The van der Waals surface area contributed by atoms with Crippen molar-refractivity contribution < 1.29 is 20.1 Å². The number of ether oxygens (including phenoxy) is 1. The van der Waals surface area contributed by atoms with E-state index in [0.29, 0.717) is 11.1 Å². The van der Waals surface area contributed by atoms with Crippen molar-refractivity contribution in [3.8, 4) is 5.69 Å². The summed E-state index contributed by atoms with van der Waals surface area (Å²) >= 11 is 0. The van der Waals surface area contributed by atoms with Gasteiger partial charge in [0, 0.05) is 5.39 Å². The summed E-state index contributed by atoms with van der Waals surface area (Å²) in [5, 5.41) is 38.1.